The van der Waals surface area contributed by atoms with E-state index in [0.29, 0.717) is 30.8 Å². The minimum absolute atomic E-state index is 0.0101. The third-order valence-electron chi connectivity index (χ3n) is 2.45. The van der Waals surface area contributed by atoms with Crippen LogP contribution in [0.2, 0.25) is 0 Å². The Morgan fingerprint density at radius 2 is 2.05 bits per heavy atom. The van der Waals surface area contributed by atoms with Gasteiger partial charge in [-0.15, -0.1) is 0 Å². The zero-order valence-corrected chi connectivity index (χ0v) is 13.1. The van der Waals surface area contributed by atoms with Crippen LogP contribution >= 0.6 is 15.9 Å². The Morgan fingerprint density at radius 3 is 2.71 bits per heavy atom. The number of hydrogen-bond donors (Lipinski definition) is 3. The second-order valence-corrected chi connectivity index (χ2v) is 4.81. The molecule has 1 aromatic rings. The van der Waals surface area contributed by atoms with E-state index in [1.807, 2.05) is 0 Å². The number of para-hydroxylation sites is 1. The Hall–Kier alpha value is -1.64. The number of benzene rings is 1. The Bertz CT molecular complexity index is 495. The van der Waals surface area contributed by atoms with Crippen molar-refractivity contribution in [2.45, 2.75) is 0 Å². The molecule has 21 heavy (non-hydrogen) atoms. The van der Waals surface area contributed by atoms with E-state index < -0.39 is 12.0 Å². The topological polar surface area (TPSA) is 96.9 Å². The number of carboxylic acids is 1. The highest BCUT2D eigenvalue weighted by Crippen LogP contribution is 2.26. The lowest BCUT2D eigenvalue weighted by Crippen LogP contribution is -2.32. The molecule has 0 unspecified atom stereocenters. The number of carbonyl (C=O) groups is 2. The Labute approximate surface area is 130 Å². The average molecular weight is 361 g/mol. The molecule has 0 aliphatic heterocycles. The molecule has 0 aliphatic carbocycles. The number of nitrogens with one attached hydrogen (secondary N) is 2. The lowest BCUT2D eigenvalue weighted by Gasteiger charge is -2.11. The Balaban J connectivity index is 2.46. The molecule has 116 valence electrons. The van der Waals surface area contributed by atoms with E-state index in [9.17, 15) is 9.59 Å². The van der Waals surface area contributed by atoms with Crippen LogP contribution in [-0.4, -0.2) is 50.6 Å². The summed E-state index contributed by atoms with van der Waals surface area (Å²) in [5.41, 5.74) is 0.221. The van der Waals surface area contributed by atoms with Gasteiger partial charge in [0.25, 0.3) is 0 Å². The maximum absolute atomic E-state index is 11.7. The standard InChI is InChI=1S/C13H17BrN2O5/c1-20-7-8-21-6-5-15-13(19)16-11-9(12(17)18)3-2-4-10(11)14/h2-4H,5-8H2,1H3,(H,17,18)(H2,15,16,19). The van der Waals surface area contributed by atoms with Crippen LogP contribution in [0.5, 0.6) is 0 Å². The number of methoxy groups -OCH3 is 1. The largest absolute Gasteiger partial charge is 0.478 e. The number of urea groups is 1. The van der Waals surface area contributed by atoms with E-state index in [4.69, 9.17) is 14.6 Å². The predicted octanol–water partition coefficient (Wildman–Crippen LogP) is 1.93. The van der Waals surface area contributed by atoms with Crippen LogP contribution in [0.4, 0.5) is 10.5 Å². The number of carboxylic acid groups (broad SMARTS) is 1. The first-order valence-corrected chi connectivity index (χ1v) is 6.99. The van der Waals surface area contributed by atoms with Gasteiger partial charge in [-0.1, -0.05) is 6.07 Å². The number of rotatable bonds is 8. The van der Waals surface area contributed by atoms with Gasteiger partial charge in [0.05, 0.1) is 31.1 Å². The monoisotopic (exact) mass is 360 g/mol. The summed E-state index contributed by atoms with van der Waals surface area (Å²) in [4.78, 5) is 22.8. The molecule has 0 atom stereocenters. The quantitative estimate of drug-likeness (QED) is 0.615. The van der Waals surface area contributed by atoms with Gasteiger partial charge >= 0.3 is 12.0 Å². The Morgan fingerprint density at radius 1 is 1.29 bits per heavy atom. The first-order chi connectivity index (χ1) is 10.1. The summed E-state index contributed by atoms with van der Waals surface area (Å²) in [5, 5.41) is 14.2. The molecule has 8 heteroatoms. The number of anilines is 1. The normalized spacial score (nSPS) is 10.2. The van der Waals surface area contributed by atoms with Gasteiger partial charge in [-0.25, -0.2) is 9.59 Å². The van der Waals surface area contributed by atoms with Crippen LogP contribution in [0, 0.1) is 0 Å². The smallest absolute Gasteiger partial charge is 0.337 e. The minimum atomic E-state index is -1.12. The van der Waals surface area contributed by atoms with Crippen LogP contribution in [0.1, 0.15) is 10.4 Å². The second kappa shape index (κ2) is 9.32. The van der Waals surface area contributed by atoms with Crippen molar-refractivity contribution in [1.82, 2.24) is 5.32 Å². The van der Waals surface area contributed by atoms with Crippen molar-refractivity contribution >= 4 is 33.6 Å². The SMILES string of the molecule is COCCOCCNC(=O)Nc1c(Br)cccc1C(=O)O. The van der Waals surface area contributed by atoms with Gasteiger partial charge in [-0.2, -0.15) is 0 Å². The van der Waals surface area contributed by atoms with Gasteiger partial charge < -0.3 is 25.2 Å². The van der Waals surface area contributed by atoms with Crippen molar-refractivity contribution in [2.75, 3.05) is 38.8 Å². The molecule has 0 radical (unpaired) electrons. The highest BCUT2D eigenvalue weighted by atomic mass is 79.9. The molecule has 0 aliphatic rings. The lowest BCUT2D eigenvalue weighted by atomic mass is 10.2. The van der Waals surface area contributed by atoms with Gasteiger partial charge in [0.1, 0.15) is 0 Å². The molecule has 0 saturated carbocycles. The highest BCUT2D eigenvalue weighted by Gasteiger charge is 2.14. The predicted molar refractivity (Wildman–Crippen MR) is 80.8 cm³/mol. The van der Waals surface area contributed by atoms with Gasteiger partial charge in [-0.05, 0) is 28.1 Å². The molecule has 0 spiro atoms. The molecule has 0 aromatic heterocycles. The molecule has 1 rings (SSSR count). The number of carbonyl (C=O) groups excluding carboxylic acids is 1. The second-order valence-electron chi connectivity index (χ2n) is 3.95. The van der Waals surface area contributed by atoms with E-state index >= 15 is 0 Å². The summed E-state index contributed by atoms with van der Waals surface area (Å²) in [6.45, 7) is 1.60. The number of halogens is 1. The summed E-state index contributed by atoms with van der Waals surface area (Å²) in [6, 6.07) is 4.15. The molecule has 1 aromatic carbocycles. The average Bonchev–Trinajstić information content (AvgIpc) is 2.44. The van der Waals surface area contributed by atoms with E-state index in [1.54, 1.807) is 19.2 Å². The molecule has 0 fully saturated rings. The van der Waals surface area contributed by atoms with E-state index in [1.165, 1.54) is 6.07 Å². The third-order valence-corrected chi connectivity index (χ3v) is 3.11. The molecule has 0 heterocycles. The van der Waals surface area contributed by atoms with Crippen molar-refractivity contribution in [3.8, 4) is 0 Å². The van der Waals surface area contributed by atoms with Gasteiger partial charge in [-0.3, -0.25) is 0 Å². The molecule has 0 bridgehead atoms. The first kappa shape index (κ1) is 17.4. The maximum atomic E-state index is 11.7. The molecule has 0 saturated heterocycles. The number of hydrogen-bond acceptors (Lipinski definition) is 4. The van der Waals surface area contributed by atoms with Crippen molar-refractivity contribution in [3.63, 3.8) is 0 Å². The number of amides is 2. The van der Waals surface area contributed by atoms with Crippen molar-refractivity contribution < 1.29 is 24.2 Å². The summed E-state index contributed by atoms with van der Waals surface area (Å²) in [6.07, 6.45) is 0. The fourth-order valence-corrected chi connectivity index (χ4v) is 1.93. The van der Waals surface area contributed by atoms with Crippen LogP contribution in [0.25, 0.3) is 0 Å². The highest BCUT2D eigenvalue weighted by molar-refractivity contribution is 9.10. The van der Waals surface area contributed by atoms with E-state index in [2.05, 4.69) is 26.6 Å². The van der Waals surface area contributed by atoms with E-state index in [-0.39, 0.29) is 11.3 Å². The first-order valence-electron chi connectivity index (χ1n) is 6.19. The lowest BCUT2D eigenvalue weighted by molar-refractivity contribution is 0.0698. The maximum Gasteiger partial charge on any atom is 0.337 e. The van der Waals surface area contributed by atoms with E-state index in [0.717, 1.165) is 0 Å². The Kier molecular flexibility index (Phi) is 7.73. The summed E-state index contributed by atoms with van der Waals surface area (Å²) in [5.74, 6) is -1.12. The zero-order chi connectivity index (χ0) is 15.7. The van der Waals surface area contributed by atoms with Crippen molar-refractivity contribution in [1.29, 1.82) is 0 Å². The minimum Gasteiger partial charge on any atom is -0.478 e. The molecule has 3 N–H and O–H groups in total. The van der Waals surface area contributed by atoms with Crippen LogP contribution in [0.15, 0.2) is 22.7 Å². The fourth-order valence-electron chi connectivity index (χ4n) is 1.47. The van der Waals surface area contributed by atoms with Crippen LogP contribution < -0.4 is 10.6 Å². The third kappa shape index (κ3) is 6.11. The van der Waals surface area contributed by atoms with Crippen LogP contribution in [0.3, 0.4) is 0 Å². The number of aromatic carboxylic acids is 1. The summed E-state index contributed by atoms with van der Waals surface area (Å²) in [7, 11) is 1.58. The molecular weight excluding hydrogens is 344 g/mol. The number of ether oxygens (including phenoxy) is 2. The molecule has 2 amide bonds. The molecule has 7 nitrogen and oxygen atoms in total. The summed E-state index contributed by atoms with van der Waals surface area (Å²) < 4.78 is 10.5. The fraction of sp³-hybridized carbons (Fsp3) is 0.385. The van der Waals surface area contributed by atoms with Crippen molar-refractivity contribution in [3.05, 3.63) is 28.2 Å². The van der Waals surface area contributed by atoms with Gasteiger partial charge in [0, 0.05) is 18.1 Å². The van der Waals surface area contributed by atoms with Crippen LogP contribution in [-0.2, 0) is 9.47 Å². The van der Waals surface area contributed by atoms with Gasteiger partial charge in [0.2, 0.25) is 0 Å². The van der Waals surface area contributed by atoms with Gasteiger partial charge in [0.15, 0.2) is 0 Å². The summed E-state index contributed by atoms with van der Waals surface area (Å²) >= 11 is 3.21. The molecular formula is C13H17BrN2O5. The zero-order valence-electron chi connectivity index (χ0n) is 11.5. The van der Waals surface area contributed by atoms with Crippen molar-refractivity contribution in [2.24, 2.45) is 0 Å².